The lowest BCUT2D eigenvalue weighted by Crippen LogP contribution is -2.20. The first kappa shape index (κ1) is 14.3. The van der Waals surface area contributed by atoms with Crippen molar-refractivity contribution < 1.29 is 14.8 Å². The maximum atomic E-state index is 10.9. The van der Waals surface area contributed by atoms with Crippen LogP contribution in [0.1, 0.15) is 29.6 Å². The molecule has 1 saturated carbocycles. The molecule has 0 unspecified atom stereocenters. The van der Waals surface area contributed by atoms with Crippen LogP contribution in [0.15, 0.2) is 18.2 Å². The molecule has 0 aliphatic heterocycles. The van der Waals surface area contributed by atoms with E-state index < -0.39 is 10.9 Å². The van der Waals surface area contributed by atoms with Gasteiger partial charge in [-0.15, -0.1) is 0 Å². The molecule has 0 aromatic heterocycles. The summed E-state index contributed by atoms with van der Waals surface area (Å²) in [4.78, 5) is 21.2. The minimum Gasteiger partial charge on any atom is -0.478 e. The SMILES string of the molecule is O=C(O)c1ccc(NCCCNC2CC2)c([N+](=O)[O-])c1. The second-order valence-corrected chi connectivity index (χ2v) is 4.80. The van der Waals surface area contributed by atoms with E-state index in [4.69, 9.17) is 5.11 Å². The molecule has 7 heteroatoms. The molecule has 0 radical (unpaired) electrons. The number of nitro groups is 1. The van der Waals surface area contributed by atoms with Crippen LogP contribution in [0.5, 0.6) is 0 Å². The van der Waals surface area contributed by atoms with Gasteiger partial charge in [-0.1, -0.05) is 0 Å². The molecule has 1 fully saturated rings. The molecule has 7 nitrogen and oxygen atoms in total. The number of rotatable bonds is 8. The Kier molecular flexibility index (Phi) is 4.52. The van der Waals surface area contributed by atoms with Crippen molar-refractivity contribution in [2.24, 2.45) is 0 Å². The van der Waals surface area contributed by atoms with Gasteiger partial charge in [0.25, 0.3) is 5.69 Å². The summed E-state index contributed by atoms with van der Waals surface area (Å²) in [6.45, 7) is 1.48. The highest BCUT2D eigenvalue weighted by Crippen LogP contribution is 2.25. The van der Waals surface area contributed by atoms with Gasteiger partial charge in [0, 0.05) is 18.7 Å². The number of carbonyl (C=O) groups is 1. The van der Waals surface area contributed by atoms with E-state index in [0.29, 0.717) is 18.3 Å². The Morgan fingerprint density at radius 1 is 1.40 bits per heavy atom. The summed E-state index contributed by atoms with van der Waals surface area (Å²) in [6.07, 6.45) is 3.32. The zero-order valence-electron chi connectivity index (χ0n) is 11.0. The molecule has 0 bridgehead atoms. The Morgan fingerprint density at radius 2 is 2.15 bits per heavy atom. The van der Waals surface area contributed by atoms with E-state index in [1.165, 1.54) is 25.0 Å². The molecule has 0 spiro atoms. The molecule has 3 N–H and O–H groups in total. The fraction of sp³-hybridized carbons (Fsp3) is 0.462. The lowest BCUT2D eigenvalue weighted by Gasteiger charge is -2.08. The highest BCUT2D eigenvalue weighted by molar-refractivity contribution is 5.89. The summed E-state index contributed by atoms with van der Waals surface area (Å²) in [5.41, 5.74) is 0.0594. The predicted molar refractivity (Wildman–Crippen MR) is 74.2 cm³/mol. The van der Waals surface area contributed by atoms with Crippen molar-refractivity contribution >= 4 is 17.3 Å². The number of hydrogen-bond donors (Lipinski definition) is 3. The van der Waals surface area contributed by atoms with Gasteiger partial charge < -0.3 is 15.7 Å². The smallest absolute Gasteiger partial charge is 0.335 e. The van der Waals surface area contributed by atoms with Crippen LogP contribution >= 0.6 is 0 Å². The Hall–Kier alpha value is -2.15. The van der Waals surface area contributed by atoms with Crippen LogP contribution in [0.4, 0.5) is 11.4 Å². The van der Waals surface area contributed by atoms with Gasteiger partial charge in [0.2, 0.25) is 0 Å². The Morgan fingerprint density at radius 3 is 2.75 bits per heavy atom. The van der Waals surface area contributed by atoms with Gasteiger partial charge in [-0.2, -0.15) is 0 Å². The van der Waals surface area contributed by atoms with E-state index in [1.54, 1.807) is 0 Å². The summed E-state index contributed by atoms with van der Waals surface area (Å²) in [7, 11) is 0. The number of carboxylic acids is 1. The molecule has 108 valence electrons. The van der Waals surface area contributed by atoms with Gasteiger partial charge in [-0.3, -0.25) is 10.1 Å². The number of anilines is 1. The van der Waals surface area contributed by atoms with Gasteiger partial charge in [0.05, 0.1) is 10.5 Å². The highest BCUT2D eigenvalue weighted by Gasteiger charge is 2.20. The van der Waals surface area contributed by atoms with Gasteiger partial charge in [-0.05, 0) is 37.9 Å². The molecular weight excluding hydrogens is 262 g/mol. The van der Waals surface area contributed by atoms with Crippen LogP contribution in [-0.2, 0) is 0 Å². The van der Waals surface area contributed by atoms with Crippen molar-refractivity contribution in [3.05, 3.63) is 33.9 Å². The fourth-order valence-electron chi connectivity index (χ4n) is 1.87. The van der Waals surface area contributed by atoms with E-state index in [9.17, 15) is 14.9 Å². The number of nitro benzene ring substituents is 1. The lowest BCUT2D eigenvalue weighted by atomic mass is 10.1. The van der Waals surface area contributed by atoms with Crippen LogP contribution in [0.25, 0.3) is 0 Å². The molecule has 0 atom stereocenters. The minimum absolute atomic E-state index is 0.0855. The van der Waals surface area contributed by atoms with Gasteiger partial charge in [0.15, 0.2) is 0 Å². The lowest BCUT2D eigenvalue weighted by molar-refractivity contribution is -0.384. The third-order valence-corrected chi connectivity index (χ3v) is 3.12. The van der Waals surface area contributed by atoms with E-state index in [2.05, 4.69) is 10.6 Å². The number of nitrogens with one attached hydrogen (secondary N) is 2. The topological polar surface area (TPSA) is 104 Å². The maximum Gasteiger partial charge on any atom is 0.335 e. The summed E-state index contributed by atoms with van der Waals surface area (Å²) < 4.78 is 0. The molecule has 0 amide bonds. The molecule has 20 heavy (non-hydrogen) atoms. The normalized spacial score (nSPS) is 14.0. The van der Waals surface area contributed by atoms with Crippen LogP contribution in [-0.4, -0.2) is 35.1 Å². The van der Waals surface area contributed by atoms with Crippen molar-refractivity contribution in [2.45, 2.75) is 25.3 Å². The Bertz CT molecular complexity index is 514. The monoisotopic (exact) mass is 279 g/mol. The third kappa shape index (κ3) is 3.92. The van der Waals surface area contributed by atoms with Crippen molar-refractivity contribution in [1.82, 2.24) is 5.32 Å². The van der Waals surface area contributed by atoms with Crippen LogP contribution < -0.4 is 10.6 Å². The highest BCUT2D eigenvalue weighted by atomic mass is 16.6. The largest absolute Gasteiger partial charge is 0.478 e. The summed E-state index contributed by atoms with van der Waals surface area (Å²) in [5, 5.41) is 26.1. The number of hydrogen-bond acceptors (Lipinski definition) is 5. The number of carboxylic acid groups (broad SMARTS) is 1. The number of nitrogens with zero attached hydrogens (tertiary/aromatic N) is 1. The fourth-order valence-corrected chi connectivity index (χ4v) is 1.87. The molecule has 0 heterocycles. The molecule has 1 aromatic rings. The van der Waals surface area contributed by atoms with Gasteiger partial charge >= 0.3 is 5.97 Å². The molecule has 0 saturated heterocycles. The van der Waals surface area contributed by atoms with E-state index >= 15 is 0 Å². The van der Waals surface area contributed by atoms with Crippen molar-refractivity contribution in [3.8, 4) is 0 Å². The van der Waals surface area contributed by atoms with E-state index in [0.717, 1.165) is 19.0 Å². The Labute approximate surface area is 116 Å². The first-order valence-electron chi connectivity index (χ1n) is 6.57. The van der Waals surface area contributed by atoms with E-state index in [1.807, 2.05) is 0 Å². The van der Waals surface area contributed by atoms with Crippen molar-refractivity contribution in [1.29, 1.82) is 0 Å². The summed E-state index contributed by atoms with van der Waals surface area (Å²) >= 11 is 0. The molecule has 2 rings (SSSR count). The molecule has 1 aliphatic rings. The zero-order chi connectivity index (χ0) is 14.5. The van der Waals surface area contributed by atoms with Crippen molar-refractivity contribution in [3.63, 3.8) is 0 Å². The first-order chi connectivity index (χ1) is 9.58. The molecular formula is C13H17N3O4. The minimum atomic E-state index is -1.17. The Balaban J connectivity index is 1.91. The quantitative estimate of drug-likeness (QED) is 0.381. The van der Waals surface area contributed by atoms with Crippen LogP contribution in [0.2, 0.25) is 0 Å². The summed E-state index contributed by atoms with van der Waals surface area (Å²) in [5.74, 6) is -1.17. The molecule has 1 aromatic carbocycles. The third-order valence-electron chi connectivity index (χ3n) is 3.12. The van der Waals surface area contributed by atoms with Crippen LogP contribution in [0.3, 0.4) is 0 Å². The summed E-state index contributed by atoms with van der Waals surface area (Å²) in [6, 6.07) is 4.53. The first-order valence-corrected chi connectivity index (χ1v) is 6.57. The maximum absolute atomic E-state index is 10.9. The van der Waals surface area contributed by atoms with Crippen molar-refractivity contribution in [2.75, 3.05) is 18.4 Å². The van der Waals surface area contributed by atoms with Gasteiger partial charge in [0.1, 0.15) is 5.69 Å². The second kappa shape index (κ2) is 6.33. The molecule has 1 aliphatic carbocycles. The van der Waals surface area contributed by atoms with Crippen LogP contribution in [0, 0.1) is 10.1 Å². The predicted octanol–water partition coefficient (Wildman–Crippen LogP) is 1.85. The average molecular weight is 279 g/mol. The van der Waals surface area contributed by atoms with Gasteiger partial charge in [-0.25, -0.2) is 4.79 Å². The zero-order valence-corrected chi connectivity index (χ0v) is 11.0. The van der Waals surface area contributed by atoms with E-state index in [-0.39, 0.29) is 11.3 Å². The number of benzene rings is 1. The standard InChI is InChI=1S/C13H17N3O4/c17-13(18)9-2-5-11(12(8-9)16(19)20)15-7-1-6-14-10-3-4-10/h2,5,8,10,14-15H,1,3-4,6-7H2,(H,17,18). The average Bonchev–Trinajstić information content (AvgIpc) is 3.22. The second-order valence-electron chi connectivity index (χ2n) is 4.80. The number of aromatic carboxylic acids is 1.